The van der Waals surface area contributed by atoms with Crippen LogP contribution in [0.25, 0.3) is 0 Å². The molecule has 6 heteroatoms. The van der Waals surface area contributed by atoms with Crippen LogP contribution in [0.4, 0.5) is 4.79 Å². The van der Waals surface area contributed by atoms with E-state index in [-0.39, 0.29) is 17.3 Å². The number of fused-ring (bicyclic) bond motifs is 1. The molecule has 0 aliphatic carbocycles. The van der Waals surface area contributed by atoms with E-state index in [4.69, 9.17) is 14.0 Å². The zero-order chi connectivity index (χ0) is 15.4. The van der Waals surface area contributed by atoms with Crippen molar-refractivity contribution >= 4 is 18.7 Å². The smallest absolute Gasteiger partial charge is 0.410 e. The number of ether oxygens (including phenoxy) is 1. The highest BCUT2D eigenvalue weighted by Gasteiger charge is 2.51. The molecule has 2 aliphatic rings. The molecule has 0 spiro atoms. The lowest BCUT2D eigenvalue weighted by Crippen LogP contribution is -2.41. The minimum atomic E-state index is -0.446. The molecule has 0 unspecified atom stereocenters. The second-order valence-electron chi connectivity index (χ2n) is 6.68. The number of benzene rings is 1. The molecule has 112 valence electrons. The summed E-state index contributed by atoms with van der Waals surface area (Å²) in [6.45, 7) is 8.61. The van der Waals surface area contributed by atoms with Crippen LogP contribution >= 0.6 is 0 Å². The van der Waals surface area contributed by atoms with Crippen LogP contribution in [0.1, 0.15) is 33.3 Å². The van der Waals surface area contributed by atoms with Gasteiger partial charge in [0.05, 0.1) is 17.7 Å². The maximum absolute atomic E-state index is 11.6. The van der Waals surface area contributed by atoms with E-state index in [1.807, 2.05) is 45.9 Å². The maximum Gasteiger partial charge on any atom is 0.494 e. The Hall–Kier alpha value is -1.53. The molecule has 2 aliphatic heterocycles. The second-order valence-corrected chi connectivity index (χ2v) is 6.68. The minimum absolute atomic E-state index is 0.339. The number of carbonyl (C=O) groups is 1. The van der Waals surface area contributed by atoms with Crippen molar-refractivity contribution in [2.45, 2.75) is 45.4 Å². The van der Waals surface area contributed by atoms with Crippen LogP contribution < -0.4 is 10.2 Å². The Morgan fingerprint density at radius 2 is 1.76 bits per heavy atom. The summed E-state index contributed by atoms with van der Waals surface area (Å²) in [5, 5.41) is 0. The lowest BCUT2D eigenvalue weighted by atomic mass is 9.78. The molecule has 1 aromatic carbocycles. The van der Waals surface area contributed by atoms with Gasteiger partial charge < -0.3 is 18.9 Å². The molecule has 0 radical (unpaired) electrons. The van der Waals surface area contributed by atoms with Crippen molar-refractivity contribution < 1.29 is 18.8 Å². The zero-order valence-electron chi connectivity index (χ0n) is 13.1. The molecule has 0 atom stereocenters. The fourth-order valence-electron chi connectivity index (χ4n) is 2.41. The summed E-state index contributed by atoms with van der Waals surface area (Å²) in [5.74, 6) is 0.588. The molecule has 0 aromatic heterocycles. The summed E-state index contributed by atoms with van der Waals surface area (Å²) in [6, 6.07) is 5.76. The largest absolute Gasteiger partial charge is 0.494 e. The summed E-state index contributed by atoms with van der Waals surface area (Å²) in [4.78, 5) is 13.2. The van der Waals surface area contributed by atoms with E-state index < -0.39 is 7.12 Å². The third-order valence-corrected chi connectivity index (χ3v) is 4.53. The van der Waals surface area contributed by atoms with Gasteiger partial charge in [0.15, 0.2) is 0 Å². The average molecular weight is 289 g/mol. The van der Waals surface area contributed by atoms with Crippen molar-refractivity contribution in [2.24, 2.45) is 0 Å². The van der Waals surface area contributed by atoms with E-state index in [2.05, 4.69) is 0 Å². The highest BCUT2D eigenvalue weighted by atomic mass is 16.7. The molecular weight excluding hydrogens is 269 g/mol. The predicted molar refractivity (Wildman–Crippen MR) is 79.6 cm³/mol. The Bertz CT molecular complexity index is 583. The molecule has 5 nitrogen and oxygen atoms in total. The van der Waals surface area contributed by atoms with Crippen LogP contribution in [0.3, 0.4) is 0 Å². The van der Waals surface area contributed by atoms with Crippen molar-refractivity contribution in [1.82, 2.24) is 4.90 Å². The van der Waals surface area contributed by atoms with Crippen molar-refractivity contribution in [3.8, 4) is 5.75 Å². The summed E-state index contributed by atoms with van der Waals surface area (Å²) >= 11 is 0. The molecule has 3 rings (SSSR count). The van der Waals surface area contributed by atoms with Gasteiger partial charge in [0.25, 0.3) is 0 Å². The summed E-state index contributed by atoms with van der Waals surface area (Å²) in [5.41, 5.74) is 1.08. The molecule has 0 bridgehead atoms. The standard InChI is InChI=1S/C15H20BNO4/c1-14(2)15(3,4)21-16(20-14)11-7-6-10-9-17(5)13(18)19-12(10)8-11/h6-8H,9H2,1-5H3. The van der Waals surface area contributed by atoms with E-state index in [1.54, 1.807) is 7.05 Å². The lowest BCUT2D eigenvalue weighted by Gasteiger charge is -2.32. The summed E-state index contributed by atoms with van der Waals surface area (Å²) in [6.07, 6.45) is -0.339. The molecule has 1 amide bonds. The molecule has 0 saturated carbocycles. The van der Waals surface area contributed by atoms with Gasteiger partial charge in [0, 0.05) is 12.6 Å². The first-order valence-corrected chi connectivity index (χ1v) is 7.11. The Labute approximate surface area is 125 Å². The van der Waals surface area contributed by atoms with Gasteiger partial charge in [0.2, 0.25) is 0 Å². The van der Waals surface area contributed by atoms with Gasteiger partial charge in [-0.15, -0.1) is 0 Å². The Balaban J connectivity index is 1.89. The highest BCUT2D eigenvalue weighted by Crippen LogP contribution is 2.37. The monoisotopic (exact) mass is 289 g/mol. The van der Waals surface area contributed by atoms with Gasteiger partial charge in [0.1, 0.15) is 5.75 Å². The Morgan fingerprint density at radius 1 is 1.14 bits per heavy atom. The molecular formula is C15H20BNO4. The molecule has 1 aromatic rings. The Morgan fingerprint density at radius 3 is 2.38 bits per heavy atom. The second kappa shape index (κ2) is 4.48. The van der Waals surface area contributed by atoms with E-state index in [9.17, 15) is 4.79 Å². The van der Waals surface area contributed by atoms with Crippen LogP contribution in [0.5, 0.6) is 5.75 Å². The van der Waals surface area contributed by atoms with Crippen LogP contribution in [-0.2, 0) is 15.9 Å². The fourth-order valence-corrected chi connectivity index (χ4v) is 2.41. The molecule has 2 heterocycles. The highest BCUT2D eigenvalue weighted by molar-refractivity contribution is 6.62. The van der Waals surface area contributed by atoms with Crippen molar-refractivity contribution in [2.75, 3.05) is 7.05 Å². The van der Waals surface area contributed by atoms with Crippen LogP contribution in [0.2, 0.25) is 0 Å². The third kappa shape index (κ3) is 2.32. The van der Waals surface area contributed by atoms with Gasteiger partial charge in [-0.25, -0.2) is 4.79 Å². The summed E-state index contributed by atoms with van der Waals surface area (Å²) in [7, 11) is 1.27. The minimum Gasteiger partial charge on any atom is -0.410 e. The first-order valence-electron chi connectivity index (χ1n) is 7.11. The van der Waals surface area contributed by atoms with E-state index in [0.717, 1.165) is 11.0 Å². The van der Waals surface area contributed by atoms with Crippen LogP contribution in [0, 0.1) is 0 Å². The number of carbonyl (C=O) groups excluding carboxylic acids is 1. The zero-order valence-corrected chi connectivity index (χ0v) is 13.1. The van der Waals surface area contributed by atoms with Gasteiger partial charge in [-0.3, -0.25) is 0 Å². The van der Waals surface area contributed by atoms with E-state index in [0.29, 0.717) is 12.3 Å². The number of nitrogens with zero attached hydrogens (tertiary/aromatic N) is 1. The predicted octanol–water partition coefficient (Wildman–Crippen LogP) is 1.93. The first-order chi connectivity index (χ1) is 9.69. The Kier molecular flexibility index (Phi) is 3.08. The normalized spacial score (nSPS) is 23.0. The maximum atomic E-state index is 11.6. The number of hydrogen-bond donors (Lipinski definition) is 0. The molecule has 1 fully saturated rings. The SMILES string of the molecule is CN1Cc2ccc(B3OC(C)(C)C(C)(C)O3)cc2OC1=O. The van der Waals surface area contributed by atoms with Crippen molar-refractivity contribution in [1.29, 1.82) is 0 Å². The van der Waals surface area contributed by atoms with Crippen molar-refractivity contribution in [3.63, 3.8) is 0 Å². The van der Waals surface area contributed by atoms with Gasteiger partial charge in [-0.1, -0.05) is 12.1 Å². The molecule has 0 N–H and O–H groups in total. The van der Waals surface area contributed by atoms with Crippen LogP contribution in [-0.4, -0.2) is 36.4 Å². The number of hydrogen-bond acceptors (Lipinski definition) is 4. The molecule has 1 saturated heterocycles. The number of amides is 1. The lowest BCUT2D eigenvalue weighted by molar-refractivity contribution is 0.00578. The quantitative estimate of drug-likeness (QED) is 0.741. The van der Waals surface area contributed by atoms with Gasteiger partial charge in [-0.05, 0) is 39.2 Å². The van der Waals surface area contributed by atoms with E-state index >= 15 is 0 Å². The van der Waals surface area contributed by atoms with Gasteiger partial charge in [-0.2, -0.15) is 0 Å². The van der Waals surface area contributed by atoms with Crippen molar-refractivity contribution in [3.05, 3.63) is 23.8 Å². The molecule has 21 heavy (non-hydrogen) atoms. The van der Waals surface area contributed by atoms with E-state index in [1.165, 1.54) is 4.90 Å². The topological polar surface area (TPSA) is 48.0 Å². The number of rotatable bonds is 1. The first kappa shape index (κ1) is 14.4. The van der Waals surface area contributed by atoms with Gasteiger partial charge >= 0.3 is 13.2 Å². The third-order valence-electron chi connectivity index (χ3n) is 4.53. The van der Waals surface area contributed by atoms with Crippen LogP contribution in [0.15, 0.2) is 18.2 Å². The fraction of sp³-hybridized carbons (Fsp3) is 0.533. The summed E-state index contributed by atoms with van der Waals surface area (Å²) < 4.78 is 17.4. The average Bonchev–Trinajstić information content (AvgIpc) is 2.59.